The fourth-order valence-corrected chi connectivity index (χ4v) is 4.58. The molecule has 4 N–H and O–H groups in total. The molecule has 0 bridgehead atoms. The summed E-state index contributed by atoms with van der Waals surface area (Å²) in [6, 6.07) is 13.4. The van der Waals surface area contributed by atoms with Gasteiger partial charge in [-0.15, -0.1) is 0 Å². The molecule has 0 saturated carbocycles. The van der Waals surface area contributed by atoms with Gasteiger partial charge in [0.2, 0.25) is 5.91 Å². The number of rotatable bonds is 12. The summed E-state index contributed by atoms with van der Waals surface area (Å²) in [5.74, 6) is -3.74. The molecule has 0 saturated heterocycles. The third-order valence-corrected chi connectivity index (χ3v) is 6.50. The topological polar surface area (TPSA) is 160 Å². The number of hydrogen-bond donors (Lipinski definition) is 4. The summed E-state index contributed by atoms with van der Waals surface area (Å²) in [6.07, 6.45) is -0.606. The lowest BCUT2D eigenvalue weighted by Crippen LogP contribution is -2.51. The summed E-state index contributed by atoms with van der Waals surface area (Å²) < 4.78 is 10.6. The summed E-state index contributed by atoms with van der Waals surface area (Å²) in [6.45, 7) is 6.93. The van der Waals surface area contributed by atoms with Gasteiger partial charge in [0, 0.05) is 12.5 Å². The molecule has 0 heterocycles. The number of carboxylic acids is 1. The first kappa shape index (κ1) is 31.1. The Morgan fingerprint density at radius 3 is 2.02 bits per heavy atom. The quantitative estimate of drug-likeness (QED) is 0.223. The molecule has 1 aliphatic carbocycles. The fourth-order valence-electron chi connectivity index (χ4n) is 4.58. The van der Waals surface area contributed by atoms with Crippen LogP contribution >= 0.6 is 0 Å². The number of benzene rings is 2. The highest BCUT2D eigenvalue weighted by Crippen LogP contribution is 2.44. The van der Waals surface area contributed by atoms with Gasteiger partial charge in [0.15, 0.2) is 0 Å². The average molecular weight is 568 g/mol. The van der Waals surface area contributed by atoms with E-state index in [9.17, 15) is 29.1 Å². The first-order valence-electron chi connectivity index (χ1n) is 13.5. The number of carbonyl (C=O) groups is 5. The van der Waals surface area contributed by atoms with Gasteiger partial charge in [-0.25, -0.2) is 14.4 Å². The number of alkyl carbamates (subject to hydrolysis) is 2. The number of ether oxygens (including phenoxy) is 2. The van der Waals surface area contributed by atoms with Gasteiger partial charge in [0.1, 0.15) is 18.2 Å². The average Bonchev–Trinajstić information content (AvgIpc) is 3.23. The molecular formula is C30H37N3O8. The minimum atomic E-state index is -1.68. The van der Waals surface area contributed by atoms with Gasteiger partial charge in [-0.1, -0.05) is 48.5 Å². The second-order valence-corrected chi connectivity index (χ2v) is 10.8. The lowest BCUT2D eigenvalue weighted by molar-refractivity contribution is -0.150. The number of nitrogens with one attached hydrogen (secondary N) is 3. The van der Waals surface area contributed by atoms with Crippen LogP contribution in [0.2, 0.25) is 0 Å². The van der Waals surface area contributed by atoms with E-state index in [-0.39, 0.29) is 25.5 Å². The normalized spacial score (nSPS) is 13.7. The van der Waals surface area contributed by atoms with Crippen LogP contribution in [0.15, 0.2) is 48.5 Å². The van der Waals surface area contributed by atoms with Crippen molar-refractivity contribution >= 4 is 29.8 Å². The monoisotopic (exact) mass is 567 g/mol. The van der Waals surface area contributed by atoms with Crippen molar-refractivity contribution in [3.05, 3.63) is 59.7 Å². The van der Waals surface area contributed by atoms with E-state index in [2.05, 4.69) is 16.0 Å². The van der Waals surface area contributed by atoms with Crippen molar-refractivity contribution in [3.8, 4) is 11.1 Å². The lowest BCUT2D eigenvalue weighted by atomic mass is 9.98. The summed E-state index contributed by atoms with van der Waals surface area (Å²) in [4.78, 5) is 60.5. The SMILES string of the molecule is C[C@H](NC(=O)OCC1c2ccccc2-c2ccccc21)C(=O)N[C@@H](CCCCNC(=O)OC(C)(C)C)C(=O)C(=O)O. The van der Waals surface area contributed by atoms with Gasteiger partial charge in [-0.2, -0.15) is 0 Å². The van der Waals surface area contributed by atoms with E-state index in [0.29, 0.717) is 12.8 Å². The summed E-state index contributed by atoms with van der Waals surface area (Å²) >= 11 is 0. The molecule has 2 atom stereocenters. The molecule has 41 heavy (non-hydrogen) atoms. The number of unbranched alkanes of at least 4 members (excludes halogenated alkanes) is 1. The highest BCUT2D eigenvalue weighted by molar-refractivity contribution is 6.35. The number of carboxylic acid groups (broad SMARTS) is 1. The molecule has 0 aliphatic heterocycles. The van der Waals surface area contributed by atoms with Crippen LogP contribution in [0.5, 0.6) is 0 Å². The largest absolute Gasteiger partial charge is 0.475 e. The second kappa shape index (κ2) is 13.8. The zero-order valence-electron chi connectivity index (χ0n) is 23.7. The molecule has 2 aromatic rings. The van der Waals surface area contributed by atoms with Gasteiger partial charge in [0.25, 0.3) is 5.78 Å². The summed E-state index contributed by atoms with van der Waals surface area (Å²) in [5.41, 5.74) is 3.61. The van der Waals surface area contributed by atoms with E-state index in [4.69, 9.17) is 9.47 Å². The van der Waals surface area contributed by atoms with Crippen LogP contribution in [0.3, 0.4) is 0 Å². The van der Waals surface area contributed by atoms with E-state index >= 15 is 0 Å². The molecule has 3 rings (SSSR count). The first-order chi connectivity index (χ1) is 19.4. The van der Waals surface area contributed by atoms with Crippen LogP contribution in [-0.2, 0) is 23.9 Å². The van der Waals surface area contributed by atoms with Gasteiger partial charge in [-0.3, -0.25) is 9.59 Å². The molecule has 0 spiro atoms. The van der Waals surface area contributed by atoms with Crippen LogP contribution in [0.1, 0.15) is 64.0 Å². The Morgan fingerprint density at radius 2 is 1.46 bits per heavy atom. The van der Waals surface area contributed by atoms with Crippen molar-refractivity contribution in [3.63, 3.8) is 0 Å². The van der Waals surface area contributed by atoms with Crippen molar-refractivity contribution in [1.29, 1.82) is 0 Å². The number of amides is 3. The Hall–Kier alpha value is -4.41. The molecule has 1 aliphatic rings. The van der Waals surface area contributed by atoms with Crippen LogP contribution in [0.4, 0.5) is 9.59 Å². The first-order valence-corrected chi connectivity index (χ1v) is 13.5. The van der Waals surface area contributed by atoms with Gasteiger partial charge in [0.05, 0.1) is 6.04 Å². The molecule has 0 aromatic heterocycles. The van der Waals surface area contributed by atoms with E-state index < -0.39 is 47.5 Å². The summed E-state index contributed by atoms with van der Waals surface area (Å²) in [5, 5.41) is 16.6. The molecular weight excluding hydrogens is 530 g/mol. The Balaban J connectivity index is 1.48. The Labute approximate surface area is 239 Å². The molecule has 2 aromatic carbocycles. The zero-order valence-corrected chi connectivity index (χ0v) is 23.7. The summed E-state index contributed by atoms with van der Waals surface area (Å²) in [7, 11) is 0. The van der Waals surface area contributed by atoms with E-state index in [1.165, 1.54) is 6.92 Å². The molecule has 3 amide bonds. The van der Waals surface area contributed by atoms with Crippen LogP contribution in [0.25, 0.3) is 11.1 Å². The molecule has 220 valence electrons. The molecule has 0 fully saturated rings. The highest BCUT2D eigenvalue weighted by atomic mass is 16.6. The molecule has 0 radical (unpaired) electrons. The highest BCUT2D eigenvalue weighted by Gasteiger charge is 2.31. The van der Waals surface area contributed by atoms with E-state index in [1.807, 2.05) is 48.5 Å². The standard InChI is InChI=1S/C30H37N3O8/c1-18(26(35)33-24(25(34)27(36)37)15-9-10-16-31-28(38)41-30(2,3)4)32-29(39)40-17-23-21-13-7-5-11-19(21)20-12-6-8-14-22(20)23/h5-8,11-14,18,23-24H,9-10,15-17H2,1-4H3,(H,31,38)(H,32,39)(H,33,35)(H,36,37)/t18-,24-/m0/s1. The van der Waals surface area contributed by atoms with Crippen molar-refractivity contribution < 1.29 is 38.6 Å². The third-order valence-electron chi connectivity index (χ3n) is 6.50. The van der Waals surface area contributed by atoms with Crippen molar-refractivity contribution in [2.45, 2.75) is 70.6 Å². The predicted octanol–water partition coefficient (Wildman–Crippen LogP) is 3.75. The zero-order chi connectivity index (χ0) is 30.2. The Bertz CT molecular complexity index is 1240. The number of hydrogen-bond acceptors (Lipinski definition) is 7. The van der Waals surface area contributed by atoms with Crippen molar-refractivity contribution in [2.75, 3.05) is 13.2 Å². The van der Waals surface area contributed by atoms with Crippen molar-refractivity contribution in [2.24, 2.45) is 0 Å². The van der Waals surface area contributed by atoms with Gasteiger partial charge in [-0.05, 0) is 69.2 Å². The maximum Gasteiger partial charge on any atom is 0.407 e. The van der Waals surface area contributed by atoms with Crippen LogP contribution < -0.4 is 16.0 Å². The fraction of sp³-hybridized carbons (Fsp3) is 0.433. The Morgan fingerprint density at radius 1 is 0.878 bits per heavy atom. The number of Topliss-reactive ketones (excluding diaryl/α,β-unsaturated/α-hetero) is 1. The maximum absolute atomic E-state index is 12.7. The number of carbonyl (C=O) groups excluding carboxylic acids is 4. The molecule has 11 nitrogen and oxygen atoms in total. The second-order valence-electron chi connectivity index (χ2n) is 10.8. The van der Waals surface area contributed by atoms with Gasteiger partial charge >= 0.3 is 18.2 Å². The number of ketones is 1. The van der Waals surface area contributed by atoms with Gasteiger partial charge < -0.3 is 30.5 Å². The van der Waals surface area contributed by atoms with E-state index in [0.717, 1.165) is 22.3 Å². The Kier molecular flexibility index (Phi) is 10.5. The third kappa shape index (κ3) is 8.79. The minimum Gasteiger partial charge on any atom is -0.475 e. The molecule has 0 unspecified atom stereocenters. The minimum absolute atomic E-state index is 0.0323. The van der Waals surface area contributed by atoms with Crippen LogP contribution in [-0.4, -0.2) is 65.8 Å². The predicted molar refractivity (Wildman–Crippen MR) is 150 cm³/mol. The van der Waals surface area contributed by atoms with Crippen molar-refractivity contribution in [1.82, 2.24) is 16.0 Å². The van der Waals surface area contributed by atoms with E-state index in [1.54, 1.807) is 20.8 Å². The number of fused-ring (bicyclic) bond motifs is 3. The maximum atomic E-state index is 12.7. The number of aliphatic carboxylic acids is 1. The lowest BCUT2D eigenvalue weighted by Gasteiger charge is -2.21. The molecule has 11 heteroatoms. The smallest absolute Gasteiger partial charge is 0.407 e. The van der Waals surface area contributed by atoms with Crippen LogP contribution in [0, 0.1) is 0 Å².